The van der Waals surface area contributed by atoms with Crippen molar-refractivity contribution in [1.29, 1.82) is 0 Å². The average Bonchev–Trinajstić information content (AvgIpc) is 2.32. The molecule has 17 heavy (non-hydrogen) atoms. The summed E-state index contributed by atoms with van der Waals surface area (Å²) in [4.78, 5) is 15.7. The highest BCUT2D eigenvalue weighted by molar-refractivity contribution is 9.10. The van der Waals surface area contributed by atoms with Crippen molar-refractivity contribution in [1.82, 2.24) is 4.98 Å². The van der Waals surface area contributed by atoms with Gasteiger partial charge in [0.25, 0.3) is 5.91 Å². The van der Waals surface area contributed by atoms with Crippen molar-refractivity contribution in [2.45, 2.75) is 0 Å². The molecule has 3 nitrogen and oxygen atoms in total. The van der Waals surface area contributed by atoms with Crippen LogP contribution in [0.25, 0.3) is 0 Å². The zero-order chi connectivity index (χ0) is 12.3. The van der Waals surface area contributed by atoms with E-state index < -0.39 is 0 Å². The maximum atomic E-state index is 11.9. The molecular formula is C12H8BrClN2O. The molecule has 1 heterocycles. The highest BCUT2D eigenvalue weighted by Crippen LogP contribution is 2.14. The minimum Gasteiger partial charge on any atom is -0.321 e. The van der Waals surface area contributed by atoms with Gasteiger partial charge >= 0.3 is 0 Å². The molecule has 0 aliphatic carbocycles. The van der Waals surface area contributed by atoms with Gasteiger partial charge in [0.2, 0.25) is 0 Å². The molecule has 1 N–H and O–H groups in total. The third-order valence-electron chi connectivity index (χ3n) is 2.07. The summed E-state index contributed by atoms with van der Waals surface area (Å²) in [5, 5.41) is 3.13. The molecule has 2 aromatic rings. The van der Waals surface area contributed by atoms with Crippen molar-refractivity contribution < 1.29 is 4.79 Å². The lowest BCUT2D eigenvalue weighted by Gasteiger charge is -2.04. The predicted molar refractivity (Wildman–Crippen MR) is 71.3 cm³/mol. The number of amides is 1. The first-order valence-electron chi connectivity index (χ1n) is 4.83. The van der Waals surface area contributed by atoms with Crippen LogP contribution in [-0.2, 0) is 0 Å². The Morgan fingerprint density at radius 3 is 2.76 bits per heavy atom. The molecule has 5 heteroatoms. The molecule has 0 bridgehead atoms. The van der Waals surface area contributed by atoms with E-state index in [0.717, 1.165) is 4.47 Å². The maximum absolute atomic E-state index is 11.9. The van der Waals surface area contributed by atoms with Crippen LogP contribution in [0.5, 0.6) is 0 Å². The minimum atomic E-state index is -0.185. The van der Waals surface area contributed by atoms with Gasteiger partial charge in [-0.05, 0) is 30.3 Å². The molecule has 0 fully saturated rings. The number of benzene rings is 1. The SMILES string of the molecule is O=C(Nc1ccc(Cl)nc1)c1cccc(Br)c1. The van der Waals surface area contributed by atoms with Crippen molar-refractivity contribution in [2.24, 2.45) is 0 Å². The van der Waals surface area contributed by atoms with E-state index in [1.807, 2.05) is 6.07 Å². The Morgan fingerprint density at radius 2 is 2.12 bits per heavy atom. The first kappa shape index (κ1) is 12.1. The quantitative estimate of drug-likeness (QED) is 0.858. The Balaban J connectivity index is 2.14. The molecule has 1 aromatic heterocycles. The number of nitrogens with one attached hydrogen (secondary N) is 1. The van der Waals surface area contributed by atoms with Crippen LogP contribution in [-0.4, -0.2) is 10.9 Å². The molecule has 1 amide bonds. The second kappa shape index (κ2) is 5.29. The standard InChI is InChI=1S/C12H8BrClN2O/c13-9-3-1-2-8(6-9)12(17)16-10-4-5-11(14)15-7-10/h1-7H,(H,16,17). The normalized spacial score (nSPS) is 10.0. The summed E-state index contributed by atoms with van der Waals surface area (Å²) in [5.74, 6) is -0.185. The molecule has 0 radical (unpaired) electrons. The zero-order valence-corrected chi connectivity index (χ0v) is 11.0. The fraction of sp³-hybridized carbons (Fsp3) is 0. The van der Waals surface area contributed by atoms with Crippen LogP contribution < -0.4 is 5.32 Å². The topological polar surface area (TPSA) is 42.0 Å². The van der Waals surface area contributed by atoms with Crippen molar-refractivity contribution in [3.63, 3.8) is 0 Å². The van der Waals surface area contributed by atoms with Gasteiger partial charge in [-0.3, -0.25) is 4.79 Å². The van der Waals surface area contributed by atoms with Gasteiger partial charge < -0.3 is 5.32 Å². The van der Waals surface area contributed by atoms with E-state index in [1.165, 1.54) is 6.20 Å². The molecule has 0 saturated carbocycles. The van der Waals surface area contributed by atoms with Crippen LogP contribution in [0, 0.1) is 0 Å². The second-order valence-corrected chi connectivity index (χ2v) is 4.64. The van der Waals surface area contributed by atoms with Crippen LogP contribution in [0.2, 0.25) is 5.15 Å². The number of carbonyl (C=O) groups excluding carboxylic acids is 1. The van der Waals surface area contributed by atoms with Crippen molar-refractivity contribution in [3.05, 3.63) is 57.8 Å². The molecule has 2 rings (SSSR count). The minimum absolute atomic E-state index is 0.185. The first-order chi connectivity index (χ1) is 8.15. The fourth-order valence-electron chi connectivity index (χ4n) is 1.28. The van der Waals surface area contributed by atoms with Crippen LogP contribution >= 0.6 is 27.5 Å². The summed E-state index contributed by atoms with van der Waals surface area (Å²) in [6.45, 7) is 0. The molecule has 0 aliphatic heterocycles. The lowest BCUT2D eigenvalue weighted by atomic mass is 10.2. The Hall–Kier alpha value is -1.39. The van der Waals surface area contributed by atoms with Gasteiger partial charge in [0.05, 0.1) is 11.9 Å². The number of rotatable bonds is 2. The highest BCUT2D eigenvalue weighted by Gasteiger charge is 2.06. The lowest BCUT2D eigenvalue weighted by molar-refractivity contribution is 0.102. The Bertz CT molecular complexity index is 542. The number of pyridine rings is 1. The number of hydrogen-bond donors (Lipinski definition) is 1. The van der Waals surface area contributed by atoms with Crippen LogP contribution in [0.4, 0.5) is 5.69 Å². The summed E-state index contributed by atoms with van der Waals surface area (Å²) in [6, 6.07) is 10.5. The molecule has 0 saturated heterocycles. The Kier molecular flexibility index (Phi) is 3.76. The van der Waals surface area contributed by atoms with Crippen molar-refractivity contribution >= 4 is 39.1 Å². The van der Waals surface area contributed by atoms with Gasteiger partial charge in [0.1, 0.15) is 5.15 Å². The molecule has 0 spiro atoms. The van der Waals surface area contributed by atoms with Gasteiger partial charge in [0.15, 0.2) is 0 Å². The molecule has 0 atom stereocenters. The molecular weight excluding hydrogens is 304 g/mol. The first-order valence-corrected chi connectivity index (χ1v) is 6.01. The molecule has 86 valence electrons. The zero-order valence-electron chi connectivity index (χ0n) is 8.65. The summed E-state index contributed by atoms with van der Waals surface area (Å²) in [5.41, 5.74) is 1.19. The molecule has 1 aromatic carbocycles. The number of nitrogens with zero attached hydrogens (tertiary/aromatic N) is 1. The second-order valence-electron chi connectivity index (χ2n) is 3.33. The van der Waals surface area contributed by atoms with Crippen molar-refractivity contribution in [3.8, 4) is 0 Å². The van der Waals surface area contributed by atoms with Crippen LogP contribution in [0.1, 0.15) is 10.4 Å². The largest absolute Gasteiger partial charge is 0.321 e. The average molecular weight is 312 g/mol. The number of anilines is 1. The Morgan fingerprint density at radius 1 is 1.29 bits per heavy atom. The third kappa shape index (κ3) is 3.28. The number of carbonyl (C=O) groups is 1. The number of hydrogen-bond acceptors (Lipinski definition) is 2. The summed E-state index contributed by atoms with van der Waals surface area (Å²) in [7, 11) is 0. The van der Waals surface area contributed by atoms with Crippen LogP contribution in [0.15, 0.2) is 47.1 Å². The van der Waals surface area contributed by atoms with E-state index >= 15 is 0 Å². The van der Waals surface area contributed by atoms with Crippen molar-refractivity contribution in [2.75, 3.05) is 5.32 Å². The Labute approximate surface area is 112 Å². The third-order valence-corrected chi connectivity index (χ3v) is 2.79. The predicted octanol–water partition coefficient (Wildman–Crippen LogP) is 3.75. The van der Waals surface area contributed by atoms with E-state index in [1.54, 1.807) is 30.3 Å². The van der Waals surface area contributed by atoms with E-state index in [0.29, 0.717) is 16.4 Å². The van der Waals surface area contributed by atoms with Gasteiger partial charge in [-0.1, -0.05) is 33.6 Å². The van der Waals surface area contributed by atoms with Crippen LogP contribution in [0.3, 0.4) is 0 Å². The highest BCUT2D eigenvalue weighted by atomic mass is 79.9. The summed E-state index contributed by atoms with van der Waals surface area (Å²) in [6.07, 6.45) is 1.51. The van der Waals surface area contributed by atoms with E-state index in [-0.39, 0.29) is 5.91 Å². The van der Waals surface area contributed by atoms with Gasteiger partial charge in [0, 0.05) is 10.0 Å². The number of halogens is 2. The van der Waals surface area contributed by atoms with Gasteiger partial charge in [-0.25, -0.2) is 4.98 Å². The van der Waals surface area contributed by atoms with Gasteiger partial charge in [-0.15, -0.1) is 0 Å². The number of aromatic nitrogens is 1. The monoisotopic (exact) mass is 310 g/mol. The summed E-state index contributed by atoms with van der Waals surface area (Å²) < 4.78 is 0.861. The smallest absolute Gasteiger partial charge is 0.255 e. The van der Waals surface area contributed by atoms with E-state index in [9.17, 15) is 4.79 Å². The van der Waals surface area contributed by atoms with Gasteiger partial charge in [-0.2, -0.15) is 0 Å². The lowest BCUT2D eigenvalue weighted by Crippen LogP contribution is -2.11. The maximum Gasteiger partial charge on any atom is 0.255 e. The molecule has 0 aliphatic rings. The fourth-order valence-corrected chi connectivity index (χ4v) is 1.79. The van der Waals surface area contributed by atoms with E-state index in [2.05, 4.69) is 26.2 Å². The van der Waals surface area contributed by atoms with E-state index in [4.69, 9.17) is 11.6 Å². The summed E-state index contributed by atoms with van der Waals surface area (Å²) >= 11 is 8.97. The molecule has 0 unspecified atom stereocenters.